The van der Waals surface area contributed by atoms with Crippen molar-refractivity contribution in [2.45, 2.75) is 6.42 Å². The highest BCUT2D eigenvalue weighted by atomic mass is 16.5. The lowest BCUT2D eigenvalue weighted by Crippen LogP contribution is -2.16. The van der Waals surface area contributed by atoms with E-state index in [0.29, 0.717) is 23.9 Å². The molecule has 2 rings (SSSR count). The second-order valence-electron chi connectivity index (χ2n) is 4.63. The third-order valence-corrected chi connectivity index (χ3v) is 3.14. The number of ether oxygens (including phenoxy) is 1. The second kappa shape index (κ2) is 7.44. The predicted molar refractivity (Wildman–Crippen MR) is 85.9 cm³/mol. The zero-order chi connectivity index (χ0) is 15.1. The number of methoxy groups -OCH3 is 1. The SMILES string of the molecule is COCCCNc1ncnc(N(C)c2ccccc2)c1N. The van der Waals surface area contributed by atoms with E-state index in [4.69, 9.17) is 10.5 Å². The van der Waals surface area contributed by atoms with Crippen LogP contribution in [0.5, 0.6) is 0 Å². The molecule has 3 N–H and O–H groups in total. The quantitative estimate of drug-likeness (QED) is 0.761. The van der Waals surface area contributed by atoms with Crippen LogP contribution in [0.4, 0.5) is 23.0 Å². The predicted octanol–water partition coefficient (Wildman–Crippen LogP) is 2.28. The van der Waals surface area contributed by atoms with E-state index in [-0.39, 0.29) is 0 Å². The number of benzene rings is 1. The summed E-state index contributed by atoms with van der Waals surface area (Å²) in [5.41, 5.74) is 7.74. The van der Waals surface area contributed by atoms with Crippen LogP contribution in [0.1, 0.15) is 6.42 Å². The van der Waals surface area contributed by atoms with Crippen LogP contribution < -0.4 is 16.0 Å². The van der Waals surface area contributed by atoms with Gasteiger partial charge in [0.25, 0.3) is 0 Å². The zero-order valence-electron chi connectivity index (χ0n) is 12.4. The Bertz CT molecular complexity index is 561. The zero-order valence-corrected chi connectivity index (χ0v) is 12.4. The maximum Gasteiger partial charge on any atom is 0.161 e. The molecule has 0 aliphatic carbocycles. The first-order chi connectivity index (χ1) is 10.2. The molecule has 0 unspecified atom stereocenters. The van der Waals surface area contributed by atoms with Crippen molar-refractivity contribution in [1.82, 2.24) is 9.97 Å². The van der Waals surface area contributed by atoms with Crippen molar-refractivity contribution in [2.24, 2.45) is 0 Å². The Labute approximate surface area is 125 Å². The topological polar surface area (TPSA) is 76.3 Å². The molecule has 1 heterocycles. The minimum atomic E-state index is 0.543. The number of hydrogen-bond donors (Lipinski definition) is 2. The van der Waals surface area contributed by atoms with Gasteiger partial charge in [-0.3, -0.25) is 0 Å². The van der Waals surface area contributed by atoms with Crippen LogP contribution in [-0.4, -0.2) is 37.3 Å². The molecule has 6 nitrogen and oxygen atoms in total. The highest BCUT2D eigenvalue weighted by Crippen LogP contribution is 2.29. The number of nitrogens with zero attached hydrogens (tertiary/aromatic N) is 3. The molecule has 112 valence electrons. The van der Waals surface area contributed by atoms with Gasteiger partial charge in [0.05, 0.1) is 0 Å². The Balaban J connectivity index is 2.13. The fourth-order valence-corrected chi connectivity index (χ4v) is 1.99. The summed E-state index contributed by atoms with van der Waals surface area (Å²) in [6, 6.07) is 9.95. The van der Waals surface area contributed by atoms with Crippen molar-refractivity contribution in [3.05, 3.63) is 36.7 Å². The molecule has 0 saturated carbocycles. The molecule has 6 heteroatoms. The van der Waals surface area contributed by atoms with Gasteiger partial charge in [0.2, 0.25) is 0 Å². The van der Waals surface area contributed by atoms with E-state index in [1.807, 2.05) is 42.3 Å². The van der Waals surface area contributed by atoms with Crippen molar-refractivity contribution in [2.75, 3.05) is 43.3 Å². The van der Waals surface area contributed by atoms with Crippen LogP contribution in [0.25, 0.3) is 0 Å². The number of nitrogens with two attached hydrogens (primary N) is 1. The van der Waals surface area contributed by atoms with Crippen LogP contribution in [0, 0.1) is 0 Å². The summed E-state index contributed by atoms with van der Waals surface area (Å²) in [4.78, 5) is 10.4. The van der Waals surface area contributed by atoms with E-state index in [0.717, 1.165) is 18.7 Å². The Morgan fingerprint density at radius 1 is 1.24 bits per heavy atom. The smallest absolute Gasteiger partial charge is 0.161 e. The fraction of sp³-hybridized carbons (Fsp3) is 0.333. The summed E-state index contributed by atoms with van der Waals surface area (Å²) in [5.74, 6) is 1.34. The lowest BCUT2D eigenvalue weighted by atomic mass is 10.3. The van der Waals surface area contributed by atoms with Gasteiger partial charge in [-0.25, -0.2) is 9.97 Å². The summed E-state index contributed by atoms with van der Waals surface area (Å²) < 4.78 is 5.02. The molecule has 2 aromatic rings. The van der Waals surface area contributed by atoms with Crippen molar-refractivity contribution < 1.29 is 4.74 Å². The monoisotopic (exact) mass is 287 g/mol. The number of nitrogen functional groups attached to an aromatic ring is 1. The molecule has 0 spiro atoms. The maximum absolute atomic E-state index is 6.18. The minimum absolute atomic E-state index is 0.543. The summed E-state index contributed by atoms with van der Waals surface area (Å²) >= 11 is 0. The Morgan fingerprint density at radius 2 is 2.00 bits per heavy atom. The van der Waals surface area contributed by atoms with E-state index in [1.54, 1.807) is 7.11 Å². The van der Waals surface area contributed by atoms with Gasteiger partial charge < -0.3 is 20.7 Å². The number of hydrogen-bond acceptors (Lipinski definition) is 6. The van der Waals surface area contributed by atoms with Gasteiger partial charge in [-0.1, -0.05) is 18.2 Å². The lowest BCUT2D eigenvalue weighted by molar-refractivity contribution is 0.198. The molecule has 0 radical (unpaired) electrons. The molecular formula is C15H21N5O. The minimum Gasteiger partial charge on any atom is -0.393 e. The number of nitrogens with one attached hydrogen (secondary N) is 1. The van der Waals surface area contributed by atoms with Crippen LogP contribution in [0.15, 0.2) is 36.7 Å². The summed E-state index contributed by atoms with van der Waals surface area (Å²) in [6.45, 7) is 1.46. The molecular weight excluding hydrogens is 266 g/mol. The molecule has 0 atom stereocenters. The number of rotatable bonds is 7. The summed E-state index contributed by atoms with van der Waals surface area (Å²) in [6.07, 6.45) is 2.41. The van der Waals surface area contributed by atoms with Gasteiger partial charge in [0, 0.05) is 33.0 Å². The van der Waals surface area contributed by atoms with Gasteiger partial charge >= 0.3 is 0 Å². The van der Waals surface area contributed by atoms with Gasteiger partial charge in [0.1, 0.15) is 12.0 Å². The number of aromatic nitrogens is 2. The van der Waals surface area contributed by atoms with Gasteiger partial charge in [-0.15, -0.1) is 0 Å². The molecule has 0 saturated heterocycles. The third-order valence-electron chi connectivity index (χ3n) is 3.14. The highest BCUT2D eigenvalue weighted by Gasteiger charge is 2.12. The molecule has 1 aromatic heterocycles. The first kappa shape index (κ1) is 15.1. The average molecular weight is 287 g/mol. The average Bonchev–Trinajstić information content (AvgIpc) is 2.53. The number of anilines is 4. The fourth-order valence-electron chi connectivity index (χ4n) is 1.99. The van der Waals surface area contributed by atoms with E-state index in [1.165, 1.54) is 6.33 Å². The van der Waals surface area contributed by atoms with E-state index in [9.17, 15) is 0 Å². The molecule has 1 aromatic carbocycles. The Hall–Kier alpha value is -2.34. The van der Waals surface area contributed by atoms with Crippen LogP contribution in [0.2, 0.25) is 0 Å². The molecule has 0 amide bonds. The second-order valence-corrected chi connectivity index (χ2v) is 4.63. The highest BCUT2D eigenvalue weighted by molar-refractivity contribution is 5.78. The summed E-state index contributed by atoms with van der Waals surface area (Å²) in [5, 5.41) is 3.21. The van der Waals surface area contributed by atoms with Crippen molar-refractivity contribution in [3.8, 4) is 0 Å². The summed E-state index contributed by atoms with van der Waals surface area (Å²) in [7, 11) is 3.62. The van der Waals surface area contributed by atoms with Crippen molar-refractivity contribution >= 4 is 23.0 Å². The first-order valence-electron chi connectivity index (χ1n) is 6.86. The van der Waals surface area contributed by atoms with Crippen molar-refractivity contribution in [3.63, 3.8) is 0 Å². The van der Waals surface area contributed by atoms with Crippen LogP contribution >= 0.6 is 0 Å². The Morgan fingerprint density at radius 3 is 2.71 bits per heavy atom. The van der Waals surface area contributed by atoms with Crippen LogP contribution in [0.3, 0.4) is 0 Å². The largest absolute Gasteiger partial charge is 0.393 e. The molecule has 0 bridgehead atoms. The normalized spacial score (nSPS) is 10.4. The maximum atomic E-state index is 6.18. The van der Waals surface area contributed by atoms with Gasteiger partial charge in [-0.2, -0.15) is 0 Å². The van der Waals surface area contributed by atoms with Gasteiger partial charge in [0.15, 0.2) is 11.6 Å². The molecule has 0 aliphatic heterocycles. The lowest BCUT2D eigenvalue weighted by Gasteiger charge is -2.21. The Kier molecular flexibility index (Phi) is 5.34. The van der Waals surface area contributed by atoms with E-state index in [2.05, 4.69) is 15.3 Å². The third kappa shape index (κ3) is 3.82. The molecule has 21 heavy (non-hydrogen) atoms. The van der Waals surface area contributed by atoms with E-state index < -0.39 is 0 Å². The number of para-hydroxylation sites is 1. The molecule has 0 aliphatic rings. The van der Waals surface area contributed by atoms with Gasteiger partial charge in [-0.05, 0) is 18.6 Å². The standard InChI is InChI=1S/C15H21N5O/c1-20(12-7-4-3-5-8-12)15-13(16)14(18-11-19-15)17-9-6-10-21-2/h3-5,7-8,11H,6,9-10,16H2,1-2H3,(H,17,18,19). The van der Waals surface area contributed by atoms with Crippen molar-refractivity contribution in [1.29, 1.82) is 0 Å². The molecule has 0 fully saturated rings. The van der Waals surface area contributed by atoms with Crippen LogP contribution in [-0.2, 0) is 4.74 Å². The first-order valence-corrected chi connectivity index (χ1v) is 6.86. The van der Waals surface area contributed by atoms with E-state index >= 15 is 0 Å².